The summed E-state index contributed by atoms with van der Waals surface area (Å²) in [5.74, 6) is 0.312. The first-order valence-corrected chi connectivity index (χ1v) is 5.93. The zero-order valence-corrected chi connectivity index (χ0v) is 9.53. The molecule has 0 bridgehead atoms. The quantitative estimate of drug-likeness (QED) is 0.721. The Hall–Kier alpha value is -1.15. The molecule has 0 N–H and O–H groups in total. The molecule has 2 aliphatic carbocycles. The number of ether oxygens (including phenoxy) is 1. The minimum absolute atomic E-state index is 0.0867. The Morgan fingerprint density at radius 1 is 1.31 bits per heavy atom. The Bertz CT molecular complexity index is 432. The van der Waals surface area contributed by atoms with Gasteiger partial charge in [0.25, 0.3) is 0 Å². The van der Waals surface area contributed by atoms with Gasteiger partial charge in [0, 0.05) is 19.1 Å². The maximum Gasteiger partial charge on any atom is 0.171 e. The largest absolute Gasteiger partial charge is 0.380 e. The summed E-state index contributed by atoms with van der Waals surface area (Å²) in [5.41, 5.74) is 1.88. The number of fused-ring (bicyclic) bond motifs is 1. The van der Waals surface area contributed by atoms with Gasteiger partial charge in [-0.05, 0) is 18.4 Å². The molecule has 1 atom stereocenters. The van der Waals surface area contributed by atoms with Crippen LogP contribution in [0.1, 0.15) is 35.2 Å². The highest BCUT2D eigenvalue weighted by molar-refractivity contribution is 6.03. The molecule has 2 heteroatoms. The lowest BCUT2D eigenvalue weighted by Crippen LogP contribution is -2.52. The van der Waals surface area contributed by atoms with E-state index in [0.29, 0.717) is 5.78 Å². The minimum Gasteiger partial charge on any atom is -0.380 e. The van der Waals surface area contributed by atoms with Gasteiger partial charge in [0.1, 0.15) is 0 Å². The van der Waals surface area contributed by atoms with Gasteiger partial charge < -0.3 is 4.74 Å². The predicted molar refractivity (Wildman–Crippen MR) is 61.6 cm³/mol. The molecule has 0 aliphatic heterocycles. The lowest BCUT2D eigenvalue weighted by molar-refractivity contribution is -0.0441. The fraction of sp³-hybridized carbons (Fsp3) is 0.500. The van der Waals surface area contributed by atoms with Crippen LogP contribution in [0.4, 0.5) is 0 Å². The van der Waals surface area contributed by atoms with Gasteiger partial charge in [-0.15, -0.1) is 0 Å². The van der Waals surface area contributed by atoms with Crippen molar-refractivity contribution in [2.45, 2.75) is 31.8 Å². The standard InChI is InChI=1S/C14H16O2/c1-16-12-9-10-5-2-3-6-11(10)13(15)14(12)7-4-8-14/h2-3,5-6,12H,4,7-9H2,1H3. The van der Waals surface area contributed by atoms with E-state index >= 15 is 0 Å². The maximum absolute atomic E-state index is 12.5. The lowest BCUT2D eigenvalue weighted by atomic mass is 9.57. The number of rotatable bonds is 1. The van der Waals surface area contributed by atoms with Crippen LogP contribution in [0.2, 0.25) is 0 Å². The van der Waals surface area contributed by atoms with Crippen LogP contribution < -0.4 is 0 Å². The number of carbonyl (C=O) groups excluding carboxylic acids is 1. The van der Waals surface area contributed by atoms with E-state index in [4.69, 9.17) is 4.74 Å². The van der Waals surface area contributed by atoms with Crippen molar-refractivity contribution >= 4 is 5.78 Å². The third kappa shape index (κ3) is 1.14. The molecule has 0 saturated heterocycles. The average Bonchev–Trinajstić information content (AvgIpc) is 2.26. The molecule has 0 amide bonds. The number of benzene rings is 1. The molecule has 1 fully saturated rings. The monoisotopic (exact) mass is 216 g/mol. The van der Waals surface area contributed by atoms with Crippen molar-refractivity contribution in [3.63, 3.8) is 0 Å². The molecule has 1 saturated carbocycles. The molecule has 84 valence electrons. The zero-order chi connectivity index (χ0) is 11.2. The highest BCUT2D eigenvalue weighted by Gasteiger charge is 2.53. The van der Waals surface area contributed by atoms with Gasteiger partial charge in [-0.3, -0.25) is 4.79 Å². The summed E-state index contributed by atoms with van der Waals surface area (Å²) in [4.78, 5) is 12.5. The van der Waals surface area contributed by atoms with E-state index < -0.39 is 0 Å². The number of hydrogen-bond donors (Lipinski definition) is 0. The number of Topliss-reactive ketones (excluding diaryl/α,β-unsaturated/α-hetero) is 1. The molecule has 0 heterocycles. The van der Waals surface area contributed by atoms with Crippen molar-refractivity contribution in [1.82, 2.24) is 0 Å². The highest BCUT2D eigenvalue weighted by atomic mass is 16.5. The van der Waals surface area contributed by atoms with Crippen LogP contribution in [-0.2, 0) is 11.2 Å². The Balaban J connectivity index is 2.09. The molecule has 3 rings (SSSR count). The van der Waals surface area contributed by atoms with Gasteiger partial charge >= 0.3 is 0 Å². The van der Waals surface area contributed by atoms with Crippen LogP contribution in [0.5, 0.6) is 0 Å². The van der Waals surface area contributed by atoms with E-state index in [2.05, 4.69) is 0 Å². The fourth-order valence-electron chi connectivity index (χ4n) is 3.14. The fourth-order valence-corrected chi connectivity index (χ4v) is 3.14. The van der Waals surface area contributed by atoms with Crippen LogP contribution in [0.25, 0.3) is 0 Å². The normalized spacial score (nSPS) is 26.3. The first-order valence-electron chi connectivity index (χ1n) is 5.93. The summed E-state index contributed by atoms with van der Waals surface area (Å²) < 4.78 is 5.56. The van der Waals surface area contributed by atoms with Gasteiger partial charge in [-0.2, -0.15) is 0 Å². The Morgan fingerprint density at radius 3 is 2.69 bits per heavy atom. The van der Waals surface area contributed by atoms with Crippen LogP contribution in [0.15, 0.2) is 24.3 Å². The minimum atomic E-state index is -0.191. The van der Waals surface area contributed by atoms with Gasteiger partial charge in [0.05, 0.1) is 11.5 Å². The molecule has 1 spiro atoms. The summed E-state index contributed by atoms with van der Waals surface area (Å²) in [5, 5.41) is 0. The zero-order valence-electron chi connectivity index (χ0n) is 9.53. The second kappa shape index (κ2) is 3.42. The summed E-state index contributed by atoms with van der Waals surface area (Å²) in [6, 6.07) is 7.96. The molecule has 16 heavy (non-hydrogen) atoms. The third-order valence-corrected chi connectivity index (χ3v) is 4.27. The summed E-state index contributed by atoms with van der Waals surface area (Å²) in [6.07, 6.45) is 4.13. The van der Waals surface area contributed by atoms with E-state index in [9.17, 15) is 4.79 Å². The van der Waals surface area contributed by atoms with Crippen LogP contribution >= 0.6 is 0 Å². The number of methoxy groups -OCH3 is 1. The molecule has 1 aromatic carbocycles. The van der Waals surface area contributed by atoms with Crippen molar-refractivity contribution in [2.24, 2.45) is 5.41 Å². The number of hydrogen-bond acceptors (Lipinski definition) is 2. The van der Waals surface area contributed by atoms with Crippen molar-refractivity contribution in [1.29, 1.82) is 0 Å². The smallest absolute Gasteiger partial charge is 0.171 e. The van der Waals surface area contributed by atoms with Gasteiger partial charge in [-0.1, -0.05) is 30.7 Å². The Morgan fingerprint density at radius 2 is 2.06 bits per heavy atom. The second-order valence-corrected chi connectivity index (χ2v) is 4.92. The third-order valence-electron chi connectivity index (χ3n) is 4.27. The van der Waals surface area contributed by atoms with Crippen molar-refractivity contribution in [2.75, 3.05) is 7.11 Å². The van der Waals surface area contributed by atoms with Gasteiger partial charge in [-0.25, -0.2) is 0 Å². The maximum atomic E-state index is 12.5. The van der Waals surface area contributed by atoms with Crippen LogP contribution in [0.3, 0.4) is 0 Å². The van der Waals surface area contributed by atoms with Gasteiger partial charge in [0.2, 0.25) is 0 Å². The van der Waals surface area contributed by atoms with Crippen molar-refractivity contribution in [3.8, 4) is 0 Å². The van der Waals surface area contributed by atoms with E-state index in [0.717, 1.165) is 36.8 Å². The summed E-state index contributed by atoms with van der Waals surface area (Å²) in [6.45, 7) is 0. The first-order chi connectivity index (χ1) is 7.78. The highest BCUT2D eigenvalue weighted by Crippen LogP contribution is 2.51. The number of carbonyl (C=O) groups is 1. The summed E-state index contributed by atoms with van der Waals surface area (Å²) in [7, 11) is 1.73. The Labute approximate surface area is 95.6 Å². The molecule has 2 aliphatic rings. The molecule has 0 radical (unpaired) electrons. The molecule has 2 nitrogen and oxygen atoms in total. The SMILES string of the molecule is COC1Cc2ccccc2C(=O)C12CCC2. The van der Waals surface area contributed by atoms with Crippen molar-refractivity contribution < 1.29 is 9.53 Å². The average molecular weight is 216 g/mol. The van der Waals surface area contributed by atoms with E-state index in [1.54, 1.807) is 7.11 Å². The molecule has 1 aromatic rings. The topological polar surface area (TPSA) is 26.3 Å². The molecular weight excluding hydrogens is 200 g/mol. The number of ketones is 1. The lowest BCUT2D eigenvalue weighted by Gasteiger charge is -2.48. The summed E-state index contributed by atoms with van der Waals surface area (Å²) >= 11 is 0. The van der Waals surface area contributed by atoms with Crippen molar-refractivity contribution in [3.05, 3.63) is 35.4 Å². The molecule has 0 aromatic heterocycles. The second-order valence-electron chi connectivity index (χ2n) is 4.92. The van der Waals surface area contributed by atoms with E-state index in [-0.39, 0.29) is 11.5 Å². The van der Waals surface area contributed by atoms with Crippen LogP contribution in [-0.4, -0.2) is 19.0 Å². The van der Waals surface area contributed by atoms with E-state index in [1.807, 2.05) is 24.3 Å². The first kappa shape index (κ1) is 10.0. The Kier molecular flexibility index (Phi) is 2.15. The molecule has 1 unspecified atom stereocenters. The van der Waals surface area contributed by atoms with Gasteiger partial charge in [0.15, 0.2) is 5.78 Å². The van der Waals surface area contributed by atoms with Crippen LogP contribution in [0, 0.1) is 5.41 Å². The molecular formula is C14H16O2. The van der Waals surface area contributed by atoms with E-state index in [1.165, 1.54) is 0 Å². The predicted octanol–water partition coefficient (Wildman–Crippen LogP) is 2.61.